The summed E-state index contributed by atoms with van der Waals surface area (Å²) in [5, 5.41) is 3.08. The van der Waals surface area contributed by atoms with Crippen LogP contribution in [0.15, 0.2) is 24.3 Å². The molecule has 0 aromatic heterocycles. The predicted octanol–water partition coefficient (Wildman–Crippen LogP) is 2.64. The molecule has 92 valence electrons. The number of hydrogen-bond acceptors (Lipinski definition) is 2. The van der Waals surface area contributed by atoms with Crippen molar-refractivity contribution >= 4 is 5.78 Å². The first-order chi connectivity index (χ1) is 7.97. The molecule has 0 bridgehead atoms. The van der Waals surface area contributed by atoms with E-state index in [2.05, 4.69) is 5.32 Å². The first-order valence-electron chi connectivity index (χ1n) is 5.40. The molecule has 1 fully saturated rings. The molecule has 0 spiro atoms. The van der Waals surface area contributed by atoms with Gasteiger partial charge in [0.25, 0.3) is 0 Å². The Labute approximate surface area is 96.8 Å². The maximum Gasteiger partial charge on any atom is 0.416 e. The summed E-state index contributed by atoms with van der Waals surface area (Å²) in [6, 6.07) is 4.56. The minimum absolute atomic E-state index is 0.115. The van der Waals surface area contributed by atoms with Gasteiger partial charge >= 0.3 is 6.18 Å². The van der Waals surface area contributed by atoms with Crippen LogP contribution in [-0.4, -0.2) is 18.4 Å². The minimum atomic E-state index is -4.35. The highest BCUT2D eigenvalue weighted by Gasteiger charge is 2.30. The molecule has 1 saturated heterocycles. The number of ketones is 1. The minimum Gasteiger partial charge on any atom is -0.313 e. The molecule has 1 atom stereocenters. The van der Waals surface area contributed by atoms with Gasteiger partial charge in [-0.25, -0.2) is 0 Å². The summed E-state index contributed by atoms with van der Waals surface area (Å²) in [7, 11) is 0. The van der Waals surface area contributed by atoms with E-state index in [1.165, 1.54) is 12.1 Å². The highest BCUT2D eigenvalue weighted by atomic mass is 19.4. The van der Waals surface area contributed by atoms with E-state index in [1.54, 1.807) is 0 Å². The number of carbonyl (C=O) groups excluding carboxylic acids is 1. The van der Waals surface area contributed by atoms with E-state index in [-0.39, 0.29) is 11.8 Å². The van der Waals surface area contributed by atoms with E-state index in [0.29, 0.717) is 12.0 Å². The molecule has 1 aromatic rings. The highest BCUT2D eigenvalue weighted by Crippen LogP contribution is 2.29. The molecule has 5 heteroatoms. The van der Waals surface area contributed by atoms with Crippen molar-refractivity contribution in [2.45, 2.75) is 25.1 Å². The van der Waals surface area contributed by atoms with Crippen molar-refractivity contribution in [3.63, 3.8) is 0 Å². The predicted molar refractivity (Wildman–Crippen MR) is 56.8 cm³/mol. The average molecular weight is 243 g/mol. The van der Waals surface area contributed by atoms with Crippen LogP contribution in [-0.2, 0) is 6.18 Å². The second-order valence-electron chi connectivity index (χ2n) is 4.14. The van der Waals surface area contributed by atoms with Crippen LogP contribution in [0.5, 0.6) is 0 Å². The molecule has 17 heavy (non-hydrogen) atoms. The summed E-state index contributed by atoms with van der Waals surface area (Å²) in [5.74, 6) is -0.115. The third-order valence-electron chi connectivity index (χ3n) is 2.89. The van der Waals surface area contributed by atoms with Crippen LogP contribution in [0.4, 0.5) is 13.2 Å². The number of rotatable bonds is 3. The van der Waals surface area contributed by atoms with Crippen molar-refractivity contribution in [2.75, 3.05) is 6.54 Å². The van der Waals surface area contributed by atoms with Crippen molar-refractivity contribution in [1.29, 1.82) is 0 Å². The summed E-state index contributed by atoms with van der Waals surface area (Å²) in [4.78, 5) is 11.7. The maximum absolute atomic E-state index is 12.3. The van der Waals surface area contributed by atoms with Gasteiger partial charge in [-0.1, -0.05) is 12.1 Å². The molecule has 0 amide bonds. The highest BCUT2D eigenvalue weighted by molar-refractivity contribution is 5.96. The van der Waals surface area contributed by atoms with E-state index in [0.717, 1.165) is 25.1 Å². The van der Waals surface area contributed by atoms with E-state index in [4.69, 9.17) is 0 Å². The summed E-state index contributed by atoms with van der Waals surface area (Å²) >= 11 is 0. The Morgan fingerprint density at radius 3 is 2.29 bits per heavy atom. The number of hydrogen-bond donors (Lipinski definition) is 1. The number of alkyl halides is 3. The molecule has 1 aliphatic heterocycles. The average Bonchev–Trinajstić information content (AvgIpc) is 2.22. The van der Waals surface area contributed by atoms with Crippen molar-refractivity contribution in [2.24, 2.45) is 0 Å². The molecule has 0 saturated carbocycles. The van der Waals surface area contributed by atoms with E-state index in [1.807, 2.05) is 0 Å². The lowest BCUT2D eigenvalue weighted by molar-refractivity contribution is -0.137. The summed E-state index contributed by atoms with van der Waals surface area (Å²) in [6.45, 7) is 0.908. The van der Waals surface area contributed by atoms with Crippen LogP contribution >= 0.6 is 0 Å². The largest absolute Gasteiger partial charge is 0.416 e. The fraction of sp³-hybridized carbons (Fsp3) is 0.417. The van der Waals surface area contributed by atoms with E-state index in [9.17, 15) is 18.0 Å². The third kappa shape index (κ3) is 2.85. The van der Waals surface area contributed by atoms with Gasteiger partial charge in [0.05, 0.1) is 5.56 Å². The first kappa shape index (κ1) is 12.1. The summed E-state index contributed by atoms with van der Waals surface area (Å²) in [5.41, 5.74) is -0.387. The van der Waals surface area contributed by atoms with Crippen molar-refractivity contribution in [3.8, 4) is 0 Å². The van der Waals surface area contributed by atoms with E-state index >= 15 is 0 Å². The van der Waals surface area contributed by atoms with Gasteiger partial charge in [0, 0.05) is 18.0 Å². The molecule has 1 heterocycles. The molecule has 2 nitrogen and oxygen atoms in total. The Morgan fingerprint density at radius 2 is 1.88 bits per heavy atom. The Bertz CT molecular complexity index is 407. The number of Topliss-reactive ketones (excluding diaryl/α,β-unsaturated/α-hetero) is 1. The molecule has 1 aromatic carbocycles. The molecule has 1 unspecified atom stereocenters. The summed E-state index contributed by atoms with van der Waals surface area (Å²) < 4.78 is 36.9. The fourth-order valence-corrected chi connectivity index (χ4v) is 1.71. The molecular weight excluding hydrogens is 231 g/mol. The second-order valence-corrected chi connectivity index (χ2v) is 4.14. The summed E-state index contributed by atoms with van der Waals surface area (Å²) in [6.07, 6.45) is -3.05. The van der Waals surface area contributed by atoms with Crippen LogP contribution in [0.3, 0.4) is 0 Å². The van der Waals surface area contributed by atoms with Gasteiger partial charge in [-0.3, -0.25) is 4.79 Å². The van der Waals surface area contributed by atoms with Crippen LogP contribution < -0.4 is 5.32 Å². The van der Waals surface area contributed by atoms with Crippen molar-refractivity contribution in [1.82, 2.24) is 5.32 Å². The lowest BCUT2D eigenvalue weighted by Gasteiger charge is -2.26. The third-order valence-corrected chi connectivity index (χ3v) is 2.89. The van der Waals surface area contributed by atoms with Crippen LogP contribution in [0, 0.1) is 0 Å². The Kier molecular flexibility index (Phi) is 3.19. The SMILES string of the molecule is O=C(CC1CCN1)c1ccc(C(F)(F)F)cc1. The molecule has 0 radical (unpaired) electrons. The Hall–Kier alpha value is -1.36. The van der Waals surface area contributed by atoms with Crippen molar-refractivity contribution < 1.29 is 18.0 Å². The number of nitrogens with one attached hydrogen (secondary N) is 1. The van der Waals surface area contributed by atoms with Gasteiger partial charge < -0.3 is 5.32 Å². The van der Waals surface area contributed by atoms with Gasteiger partial charge in [0.2, 0.25) is 0 Å². The zero-order valence-corrected chi connectivity index (χ0v) is 9.05. The number of carbonyl (C=O) groups is 1. The molecule has 2 rings (SSSR count). The second kappa shape index (κ2) is 4.49. The van der Waals surface area contributed by atoms with Gasteiger partial charge in [-0.2, -0.15) is 13.2 Å². The molecule has 0 aliphatic carbocycles. The Morgan fingerprint density at radius 1 is 1.29 bits per heavy atom. The van der Waals surface area contributed by atoms with Crippen LogP contribution in [0.2, 0.25) is 0 Å². The van der Waals surface area contributed by atoms with Gasteiger partial charge in [0.15, 0.2) is 5.78 Å². The standard InChI is InChI=1S/C12H12F3NO/c13-12(14,15)9-3-1-8(2-4-9)11(17)7-10-5-6-16-10/h1-4,10,16H,5-7H2. The lowest BCUT2D eigenvalue weighted by Crippen LogP contribution is -2.44. The number of benzene rings is 1. The maximum atomic E-state index is 12.3. The quantitative estimate of drug-likeness (QED) is 0.827. The normalized spacial score (nSPS) is 19.8. The van der Waals surface area contributed by atoms with Crippen molar-refractivity contribution in [3.05, 3.63) is 35.4 Å². The topological polar surface area (TPSA) is 29.1 Å². The fourth-order valence-electron chi connectivity index (χ4n) is 1.71. The molecule has 1 N–H and O–H groups in total. The molecule has 1 aliphatic rings. The monoisotopic (exact) mass is 243 g/mol. The number of halogens is 3. The molecular formula is C12H12F3NO. The smallest absolute Gasteiger partial charge is 0.313 e. The Balaban J connectivity index is 2.04. The van der Waals surface area contributed by atoms with Gasteiger partial charge in [0.1, 0.15) is 0 Å². The zero-order chi connectivity index (χ0) is 12.5. The zero-order valence-electron chi connectivity index (χ0n) is 9.05. The lowest BCUT2D eigenvalue weighted by atomic mass is 9.97. The first-order valence-corrected chi connectivity index (χ1v) is 5.40. The van der Waals surface area contributed by atoms with Gasteiger partial charge in [-0.15, -0.1) is 0 Å². The van der Waals surface area contributed by atoms with E-state index < -0.39 is 11.7 Å². The van der Waals surface area contributed by atoms with Crippen LogP contribution in [0.1, 0.15) is 28.8 Å². The van der Waals surface area contributed by atoms with Crippen LogP contribution in [0.25, 0.3) is 0 Å². The van der Waals surface area contributed by atoms with Gasteiger partial charge in [-0.05, 0) is 25.1 Å².